The lowest BCUT2D eigenvalue weighted by Gasteiger charge is -2.18. The van der Waals surface area contributed by atoms with E-state index in [0.717, 1.165) is 40.7 Å². The van der Waals surface area contributed by atoms with Crippen molar-refractivity contribution in [3.05, 3.63) is 83.9 Å². The number of nitrogens with two attached hydrogens (primary N) is 1. The third kappa shape index (κ3) is 2.61. The predicted octanol–water partition coefficient (Wildman–Crippen LogP) is 5.00. The van der Waals surface area contributed by atoms with Crippen LogP contribution in [0.3, 0.4) is 0 Å². The maximum Gasteiger partial charge on any atom is 0.249 e. The normalized spacial score (nSPS) is 13.7. The number of benzene rings is 3. The smallest absolute Gasteiger partial charge is 0.249 e. The van der Waals surface area contributed by atoms with Crippen LogP contribution in [0.2, 0.25) is 0 Å². The third-order valence-electron chi connectivity index (χ3n) is 4.64. The average molecular weight is 313 g/mol. The zero-order valence-electron chi connectivity index (χ0n) is 13.4. The second kappa shape index (κ2) is 5.97. The molecule has 0 unspecified atom stereocenters. The van der Waals surface area contributed by atoms with Gasteiger partial charge in [-0.25, -0.2) is 0 Å². The van der Waals surface area contributed by atoms with E-state index in [1.165, 1.54) is 0 Å². The van der Waals surface area contributed by atoms with Crippen molar-refractivity contribution in [1.82, 2.24) is 0 Å². The van der Waals surface area contributed by atoms with Gasteiger partial charge in [0.2, 0.25) is 5.91 Å². The summed E-state index contributed by atoms with van der Waals surface area (Å²) in [4.78, 5) is 12.0. The maximum atomic E-state index is 12.0. The molecule has 0 aliphatic heterocycles. The summed E-state index contributed by atoms with van der Waals surface area (Å²) in [7, 11) is 0. The monoisotopic (exact) mass is 313 g/mol. The van der Waals surface area contributed by atoms with Crippen molar-refractivity contribution in [2.24, 2.45) is 5.73 Å². The third-order valence-corrected chi connectivity index (χ3v) is 4.64. The molecule has 0 spiro atoms. The van der Waals surface area contributed by atoms with Crippen LogP contribution >= 0.6 is 0 Å². The van der Waals surface area contributed by atoms with E-state index in [9.17, 15) is 4.79 Å². The molecule has 3 aromatic carbocycles. The first-order valence-electron chi connectivity index (χ1n) is 8.33. The zero-order valence-corrected chi connectivity index (χ0v) is 13.4. The largest absolute Gasteiger partial charge is 0.366 e. The fourth-order valence-corrected chi connectivity index (χ4v) is 3.40. The van der Waals surface area contributed by atoms with Crippen LogP contribution < -0.4 is 5.73 Å². The fourth-order valence-electron chi connectivity index (χ4n) is 3.40. The van der Waals surface area contributed by atoms with E-state index < -0.39 is 0 Å². The molecule has 4 rings (SSSR count). The molecule has 3 aromatic rings. The Morgan fingerprint density at radius 1 is 0.792 bits per heavy atom. The van der Waals surface area contributed by atoms with E-state index in [4.69, 9.17) is 5.73 Å². The molecule has 0 bridgehead atoms. The summed E-state index contributed by atoms with van der Waals surface area (Å²) in [5, 5.41) is 0. The highest BCUT2D eigenvalue weighted by molar-refractivity contribution is 6.00. The van der Waals surface area contributed by atoms with E-state index in [-0.39, 0.29) is 5.91 Å². The Morgan fingerprint density at radius 3 is 1.92 bits per heavy atom. The Morgan fingerprint density at radius 2 is 1.38 bits per heavy atom. The van der Waals surface area contributed by atoms with Gasteiger partial charge in [0.05, 0.1) is 0 Å². The predicted molar refractivity (Wildman–Crippen MR) is 97.8 cm³/mol. The summed E-state index contributed by atoms with van der Waals surface area (Å²) >= 11 is 0. The molecule has 0 heterocycles. The lowest BCUT2D eigenvalue weighted by atomic mass is 9.85. The lowest BCUT2D eigenvalue weighted by molar-refractivity contribution is 0.0999. The van der Waals surface area contributed by atoms with Crippen LogP contribution in [0.4, 0.5) is 0 Å². The Bertz CT molecular complexity index is 881. The maximum absolute atomic E-state index is 12.0. The average Bonchev–Trinajstić information content (AvgIpc) is 3.47. The molecule has 24 heavy (non-hydrogen) atoms. The number of primary amides is 1. The van der Waals surface area contributed by atoms with Gasteiger partial charge < -0.3 is 5.73 Å². The molecule has 2 heteroatoms. The Hall–Kier alpha value is -2.87. The molecule has 1 aliphatic rings. The zero-order chi connectivity index (χ0) is 16.5. The summed E-state index contributed by atoms with van der Waals surface area (Å²) in [5.74, 6) is 0.0973. The Labute approximate surface area is 142 Å². The van der Waals surface area contributed by atoms with E-state index >= 15 is 0 Å². The quantitative estimate of drug-likeness (QED) is 0.724. The molecule has 0 radical (unpaired) electrons. The molecule has 1 fully saturated rings. The first kappa shape index (κ1) is 14.7. The van der Waals surface area contributed by atoms with Gasteiger partial charge in [-0.15, -0.1) is 0 Å². The molecule has 0 saturated heterocycles. The van der Waals surface area contributed by atoms with Gasteiger partial charge in [-0.1, -0.05) is 66.7 Å². The van der Waals surface area contributed by atoms with Crippen molar-refractivity contribution in [2.45, 2.75) is 18.8 Å². The van der Waals surface area contributed by atoms with Crippen LogP contribution in [-0.4, -0.2) is 5.91 Å². The van der Waals surface area contributed by atoms with Crippen LogP contribution in [0.25, 0.3) is 22.3 Å². The summed E-state index contributed by atoms with van der Waals surface area (Å²) in [5.41, 5.74) is 12.1. The van der Waals surface area contributed by atoms with Crippen LogP contribution in [0.5, 0.6) is 0 Å². The molecule has 1 saturated carbocycles. The van der Waals surface area contributed by atoms with Crippen LogP contribution in [0.1, 0.15) is 34.7 Å². The summed E-state index contributed by atoms with van der Waals surface area (Å²) < 4.78 is 0. The minimum atomic E-state index is -0.339. The highest BCUT2D eigenvalue weighted by Gasteiger charge is 2.31. The van der Waals surface area contributed by atoms with Gasteiger partial charge in [0, 0.05) is 5.56 Å². The fraction of sp³-hybridized carbons (Fsp3) is 0.136. The van der Waals surface area contributed by atoms with Crippen molar-refractivity contribution in [3.8, 4) is 22.3 Å². The molecule has 1 aliphatic carbocycles. The van der Waals surface area contributed by atoms with Crippen molar-refractivity contribution in [1.29, 1.82) is 0 Å². The standard InChI is InChI=1S/C22H19NO/c23-22(24)19-14-13-18(15-7-3-1-4-8-15)20(21(19)17-11-12-17)16-9-5-2-6-10-16/h1-10,13-14,17H,11-12H2,(H2,23,24). The number of amides is 1. The van der Waals surface area contributed by atoms with Gasteiger partial charge in [-0.3, -0.25) is 4.79 Å². The Balaban J connectivity index is 2.05. The number of hydrogen-bond donors (Lipinski definition) is 1. The number of hydrogen-bond acceptors (Lipinski definition) is 1. The van der Waals surface area contributed by atoms with Crippen LogP contribution in [0.15, 0.2) is 72.8 Å². The number of carbonyl (C=O) groups excluding carboxylic acids is 1. The number of rotatable bonds is 4. The minimum absolute atomic E-state index is 0.339. The van der Waals surface area contributed by atoms with E-state index in [0.29, 0.717) is 11.5 Å². The van der Waals surface area contributed by atoms with Gasteiger partial charge in [-0.2, -0.15) is 0 Å². The topological polar surface area (TPSA) is 43.1 Å². The van der Waals surface area contributed by atoms with Gasteiger partial charge in [0.1, 0.15) is 0 Å². The molecular formula is C22H19NO. The van der Waals surface area contributed by atoms with Crippen molar-refractivity contribution in [3.63, 3.8) is 0 Å². The lowest BCUT2D eigenvalue weighted by Crippen LogP contribution is -2.14. The molecule has 0 aromatic heterocycles. The van der Waals surface area contributed by atoms with E-state index in [2.05, 4.69) is 24.3 Å². The summed E-state index contributed by atoms with van der Waals surface area (Å²) in [6, 6.07) is 24.6. The van der Waals surface area contributed by atoms with Gasteiger partial charge in [-0.05, 0) is 52.6 Å². The first-order valence-corrected chi connectivity index (χ1v) is 8.33. The molecule has 118 valence electrons. The SMILES string of the molecule is NC(=O)c1ccc(-c2ccccc2)c(-c2ccccc2)c1C1CC1. The molecular weight excluding hydrogens is 294 g/mol. The second-order valence-corrected chi connectivity index (χ2v) is 6.32. The highest BCUT2D eigenvalue weighted by Crippen LogP contribution is 2.49. The molecule has 2 N–H and O–H groups in total. The number of carbonyl (C=O) groups is 1. The van der Waals surface area contributed by atoms with Crippen molar-refractivity contribution < 1.29 is 4.79 Å². The summed E-state index contributed by atoms with van der Waals surface area (Å²) in [6.07, 6.45) is 2.25. The highest BCUT2D eigenvalue weighted by atomic mass is 16.1. The van der Waals surface area contributed by atoms with E-state index in [1.54, 1.807) is 0 Å². The molecule has 0 atom stereocenters. The van der Waals surface area contributed by atoms with Gasteiger partial charge >= 0.3 is 0 Å². The van der Waals surface area contributed by atoms with Crippen molar-refractivity contribution in [2.75, 3.05) is 0 Å². The van der Waals surface area contributed by atoms with Gasteiger partial charge in [0.15, 0.2) is 0 Å². The molecule has 2 nitrogen and oxygen atoms in total. The van der Waals surface area contributed by atoms with Crippen LogP contribution in [-0.2, 0) is 0 Å². The van der Waals surface area contributed by atoms with Gasteiger partial charge in [0.25, 0.3) is 0 Å². The van der Waals surface area contributed by atoms with E-state index in [1.807, 2.05) is 48.5 Å². The van der Waals surface area contributed by atoms with Crippen molar-refractivity contribution >= 4 is 5.91 Å². The first-order chi connectivity index (χ1) is 11.8. The second-order valence-electron chi connectivity index (χ2n) is 6.32. The Kier molecular flexibility index (Phi) is 3.66. The summed E-state index contributed by atoms with van der Waals surface area (Å²) in [6.45, 7) is 0. The molecule has 1 amide bonds. The minimum Gasteiger partial charge on any atom is -0.366 e. The van der Waals surface area contributed by atoms with Crippen LogP contribution in [0, 0.1) is 0 Å².